The van der Waals surface area contributed by atoms with Gasteiger partial charge in [-0.2, -0.15) is 0 Å². The van der Waals surface area contributed by atoms with Gasteiger partial charge in [-0.1, -0.05) is 18.6 Å². The molecule has 0 radical (unpaired) electrons. The predicted molar refractivity (Wildman–Crippen MR) is 71.7 cm³/mol. The van der Waals surface area contributed by atoms with Crippen molar-refractivity contribution in [3.05, 3.63) is 29.8 Å². The minimum atomic E-state index is -0.188. The first-order chi connectivity index (χ1) is 8.70. The maximum absolute atomic E-state index is 12.2. The van der Waals surface area contributed by atoms with Crippen molar-refractivity contribution in [3.63, 3.8) is 0 Å². The van der Waals surface area contributed by atoms with Crippen molar-refractivity contribution < 1.29 is 9.53 Å². The van der Waals surface area contributed by atoms with Crippen LogP contribution in [-0.4, -0.2) is 19.4 Å². The van der Waals surface area contributed by atoms with Crippen LogP contribution in [0.2, 0.25) is 0 Å². The number of Topliss-reactive ketones (excluding diaryl/α,β-unsaturated/α-hetero) is 1. The second-order valence-electron chi connectivity index (χ2n) is 5.11. The van der Waals surface area contributed by atoms with Gasteiger partial charge >= 0.3 is 0 Å². The van der Waals surface area contributed by atoms with Crippen LogP contribution >= 0.6 is 0 Å². The molecule has 0 aromatic heterocycles. The molecule has 0 amide bonds. The first-order valence-electron chi connectivity index (χ1n) is 6.56. The molecule has 18 heavy (non-hydrogen) atoms. The van der Waals surface area contributed by atoms with Crippen molar-refractivity contribution in [1.29, 1.82) is 0 Å². The number of ketones is 1. The van der Waals surface area contributed by atoms with Crippen molar-refractivity contribution >= 4 is 5.78 Å². The summed E-state index contributed by atoms with van der Waals surface area (Å²) in [6, 6.07) is 7.90. The summed E-state index contributed by atoms with van der Waals surface area (Å²) in [6.07, 6.45) is 4.50. The summed E-state index contributed by atoms with van der Waals surface area (Å²) in [4.78, 5) is 12.2. The standard InChI is InChI=1S/C15H21NO2/c1-18-13-6-3-12(4-7-13)5-8-14(17)15(11-16)9-2-10-15/h3-4,6-7H,2,5,8-11,16H2,1H3. The van der Waals surface area contributed by atoms with E-state index in [4.69, 9.17) is 10.5 Å². The fraction of sp³-hybridized carbons (Fsp3) is 0.533. The fourth-order valence-corrected chi connectivity index (χ4v) is 2.52. The van der Waals surface area contributed by atoms with Crippen LogP contribution in [0.5, 0.6) is 5.75 Å². The largest absolute Gasteiger partial charge is 0.497 e. The van der Waals surface area contributed by atoms with E-state index in [0.717, 1.165) is 31.4 Å². The third-order valence-corrected chi connectivity index (χ3v) is 4.09. The number of ether oxygens (including phenoxy) is 1. The van der Waals surface area contributed by atoms with Gasteiger partial charge in [-0.3, -0.25) is 4.79 Å². The van der Waals surface area contributed by atoms with Crippen LogP contribution in [0.4, 0.5) is 0 Å². The second-order valence-corrected chi connectivity index (χ2v) is 5.11. The molecule has 0 heterocycles. The number of benzene rings is 1. The molecule has 1 aromatic carbocycles. The number of methoxy groups -OCH3 is 1. The van der Waals surface area contributed by atoms with Gasteiger partial charge in [0.1, 0.15) is 11.5 Å². The number of carbonyl (C=O) groups excluding carboxylic acids is 1. The highest BCUT2D eigenvalue weighted by Gasteiger charge is 2.41. The van der Waals surface area contributed by atoms with E-state index in [1.54, 1.807) is 7.11 Å². The Bertz CT molecular complexity index is 401. The molecule has 0 aliphatic heterocycles. The fourth-order valence-electron chi connectivity index (χ4n) is 2.52. The van der Waals surface area contributed by atoms with Crippen LogP contribution in [0.15, 0.2) is 24.3 Å². The van der Waals surface area contributed by atoms with Gasteiger partial charge in [0.2, 0.25) is 0 Å². The zero-order chi connectivity index (χ0) is 13.0. The lowest BCUT2D eigenvalue weighted by atomic mass is 9.65. The van der Waals surface area contributed by atoms with E-state index in [9.17, 15) is 4.79 Å². The summed E-state index contributed by atoms with van der Waals surface area (Å²) in [5.41, 5.74) is 6.73. The van der Waals surface area contributed by atoms with Gasteiger partial charge in [0.05, 0.1) is 7.11 Å². The molecule has 0 atom stereocenters. The van der Waals surface area contributed by atoms with Crippen LogP contribution in [0, 0.1) is 5.41 Å². The number of carbonyl (C=O) groups is 1. The third-order valence-electron chi connectivity index (χ3n) is 4.09. The Morgan fingerprint density at radius 1 is 1.33 bits per heavy atom. The Morgan fingerprint density at radius 3 is 2.44 bits per heavy atom. The van der Waals surface area contributed by atoms with Gasteiger partial charge in [0.25, 0.3) is 0 Å². The number of hydrogen-bond donors (Lipinski definition) is 1. The maximum Gasteiger partial charge on any atom is 0.140 e. The average molecular weight is 247 g/mol. The van der Waals surface area contributed by atoms with Crippen molar-refractivity contribution in [2.75, 3.05) is 13.7 Å². The molecule has 0 saturated heterocycles. The number of rotatable bonds is 6. The first kappa shape index (κ1) is 13.1. The number of hydrogen-bond acceptors (Lipinski definition) is 3. The van der Waals surface area contributed by atoms with Crippen LogP contribution in [0.3, 0.4) is 0 Å². The molecule has 0 spiro atoms. The van der Waals surface area contributed by atoms with Gasteiger partial charge in [0, 0.05) is 18.4 Å². The van der Waals surface area contributed by atoms with E-state index >= 15 is 0 Å². The Hall–Kier alpha value is -1.35. The summed E-state index contributed by atoms with van der Waals surface area (Å²) >= 11 is 0. The van der Waals surface area contributed by atoms with E-state index in [-0.39, 0.29) is 5.41 Å². The van der Waals surface area contributed by atoms with Crippen molar-refractivity contribution in [2.24, 2.45) is 11.1 Å². The first-order valence-corrected chi connectivity index (χ1v) is 6.56. The molecule has 3 heteroatoms. The molecule has 0 bridgehead atoms. The molecule has 3 nitrogen and oxygen atoms in total. The van der Waals surface area contributed by atoms with Gasteiger partial charge in [-0.25, -0.2) is 0 Å². The Labute approximate surface area is 108 Å². The van der Waals surface area contributed by atoms with Crippen molar-refractivity contribution in [2.45, 2.75) is 32.1 Å². The molecular weight excluding hydrogens is 226 g/mol. The zero-order valence-electron chi connectivity index (χ0n) is 10.9. The molecule has 0 unspecified atom stereocenters. The third kappa shape index (κ3) is 2.56. The molecule has 1 fully saturated rings. The molecule has 2 N–H and O–H groups in total. The SMILES string of the molecule is COc1ccc(CCC(=O)C2(CN)CCC2)cc1. The van der Waals surface area contributed by atoms with Crippen LogP contribution in [0.1, 0.15) is 31.2 Å². The number of nitrogens with two attached hydrogens (primary N) is 1. The van der Waals surface area contributed by atoms with Gasteiger partial charge in [-0.15, -0.1) is 0 Å². The van der Waals surface area contributed by atoms with Crippen molar-refractivity contribution in [3.8, 4) is 5.75 Å². The highest BCUT2D eigenvalue weighted by Crippen LogP contribution is 2.41. The van der Waals surface area contributed by atoms with E-state index in [1.807, 2.05) is 24.3 Å². The summed E-state index contributed by atoms with van der Waals surface area (Å²) in [7, 11) is 1.65. The predicted octanol–water partition coefficient (Wildman–Crippen LogP) is 2.33. The minimum Gasteiger partial charge on any atom is -0.497 e. The van der Waals surface area contributed by atoms with E-state index < -0.39 is 0 Å². The highest BCUT2D eigenvalue weighted by molar-refractivity contribution is 5.86. The lowest BCUT2D eigenvalue weighted by Crippen LogP contribution is -2.44. The van der Waals surface area contributed by atoms with Crippen LogP contribution in [-0.2, 0) is 11.2 Å². The van der Waals surface area contributed by atoms with Gasteiger partial charge in [-0.05, 0) is 37.0 Å². The highest BCUT2D eigenvalue weighted by atomic mass is 16.5. The molecule has 2 rings (SSSR count). The maximum atomic E-state index is 12.2. The lowest BCUT2D eigenvalue weighted by Gasteiger charge is -2.39. The quantitative estimate of drug-likeness (QED) is 0.839. The summed E-state index contributed by atoms with van der Waals surface area (Å²) in [5.74, 6) is 1.19. The van der Waals surface area contributed by atoms with Crippen molar-refractivity contribution in [1.82, 2.24) is 0 Å². The Morgan fingerprint density at radius 2 is 2.00 bits per heavy atom. The van der Waals surface area contributed by atoms with E-state index in [1.165, 1.54) is 5.56 Å². The second kappa shape index (κ2) is 5.53. The zero-order valence-corrected chi connectivity index (χ0v) is 10.9. The molecule has 1 saturated carbocycles. The smallest absolute Gasteiger partial charge is 0.140 e. The summed E-state index contributed by atoms with van der Waals surface area (Å²) < 4.78 is 5.11. The van der Waals surface area contributed by atoms with E-state index in [2.05, 4.69) is 0 Å². The minimum absolute atomic E-state index is 0.188. The number of aryl methyl sites for hydroxylation is 1. The Balaban J connectivity index is 1.88. The normalized spacial score (nSPS) is 17.0. The lowest BCUT2D eigenvalue weighted by molar-refractivity contribution is -0.132. The average Bonchev–Trinajstić information content (AvgIpc) is 2.36. The Kier molecular flexibility index (Phi) is 4.02. The van der Waals surface area contributed by atoms with Crippen LogP contribution in [0.25, 0.3) is 0 Å². The molecule has 1 aliphatic carbocycles. The van der Waals surface area contributed by atoms with Crippen LogP contribution < -0.4 is 10.5 Å². The monoisotopic (exact) mass is 247 g/mol. The van der Waals surface area contributed by atoms with E-state index in [0.29, 0.717) is 18.7 Å². The summed E-state index contributed by atoms with van der Waals surface area (Å²) in [6.45, 7) is 0.508. The van der Waals surface area contributed by atoms with Gasteiger partial charge < -0.3 is 10.5 Å². The van der Waals surface area contributed by atoms with Gasteiger partial charge in [0.15, 0.2) is 0 Å². The molecular formula is C15H21NO2. The topological polar surface area (TPSA) is 52.3 Å². The molecule has 1 aliphatic rings. The summed E-state index contributed by atoms with van der Waals surface area (Å²) in [5, 5.41) is 0. The molecule has 98 valence electrons. The molecule has 1 aromatic rings.